The van der Waals surface area contributed by atoms with Gasteiger partial charge in [0.1, 0.15) is 0 Å². The van der Waals surface area contributed by atoms with Crippen LogP contribution in [0, 0.1) is 13.8 Å². The van der Waals surface area contributed by atoms with Crippen molar-refractivity contribution in [3.8, 4) is 0 Å². The molecule has 0 saturated carbocycles. The molecule has 134 valence electrons. The van der Waals surface area contributed by atoms with Gasteiger partial charge in [0.25, 0.3) is 0 Å². The van der Waals surface area contributed by atoms with Crippen LogP contribution in [0.5, 0.6) is 0 Å². The fourth-order valence-electron chi connectivity index (χ4n) is 3.68. The van der Waals surface area contributed by atoms with Gasteiger partial charge < -0.3 is 0 Å². The third kappa shape index (κ3) is 4.99. The Balaban J connectivity index is 1.57. The monoisotopic (exact) mass is 400 g/mol. The first-order valence-electron chi connectivity index (χ1n) is 10.1. The van der Waals surface area contributed by atoms with Crippen LogP contribution in [-0.2, 0) is 6.42 Å². The molecular formula is C24H32Se. The molecule has 0 aliphatic heterocycles. The first-order valence-corrected chi connectivity index (χ1v) is 11.8. The number of rotatable bonds is 9. The average molecular weight is 399 g/mol. The summed E-state index contributed by atoms with van der Waals surface area (Å²) in [6.45, 7) is 6.73. The predicted octanol–water partition coefficient (Wildman–Crippen LogP) is 7.35. The minimum absolute atomic E-state index is 0.559. The molecule has 25 heavy (non-hydrogen) atoms. The summed E-state index contributed by atoms with van der Waals surface area (Å²) in [5.41, 5.74) is 2.81. The van der Waals surface area contributed by atoms with Crippen molar-refractivity contribution in [2.24, 2.45) is 0 Å². The van der Waals surface area contributed by atoms with Gasteiger partial charge in [-0.1, -0.05) is 0 Å². The third-order valence-corrected chi connectivity index (χ3v) is 7.84. The zero-order chi connectivity index (χ0) is 17.6. The predicted molar refractivity (Wildman–Crippen MR) is 114 cm³/mol. The van der Waals surface area contributed by atoms with Crippen LogP contribution in [0.4, 0.5) is 0 Å². The Bertz CT molecular complexity index is 766. The second kappa shape index (κ2) is 9.06. The molecule has 1 aromatic heterocycles. The molecular weight excluding hydrogens is 367 g/mol. The van der Waals surface area contributed by atoms with Crippen LogP contribution >= 0.6 is 0 Å². The Labute approximate surface area is 159 Å². The number of hydrogen-bond donors (Lipinski definition) is 0. The van der Waals surface area contributed by atoms with E-state index in [2.05, 4.69) is 51.1 Å². The number of hydrogen-bond acceptors (Lipinski definition) is 0. The summed E-state index contributed by atoms with van der Waals surface area (Å²) >= 11 is 0.559. The van der Waals surface area contributed by atoms with Gasteiger partial charge >= 0.3 is 159 Å². The molecule has 0 spiro atoms. The van der Waals surface area contributed by atoms with E-state index in [1.54, 1.807) is 8.70 Å². The van der Waals surface area contributed by atoms with E-state index in [4.69, 9.17) is 0 Å². The summed E-state index contributed by atoms with van der Waals surface area (Å²) in [5, 5.41) is 4.32. The van der Waals surface area contributed by atoms with E-state index in [0.717, 1.165) is 0 Å². The normalized spacial score (nSPS) is 11.6. The van der Waals surface area contributed by atoms with Crippen molar-refractivity contribution in [1.82, 2.24) is 0 Å². The molecule has 0 aliphatic rings. The molecule has 0 nitrogen and oxygen atoms in total. The molecule has 0 fully saturated rings. The molecule has 0 unspecified atom stereocenters. The van der Waals surface area contributed by atoms with E-state index in [-0.39, 0.29) is 0 Å². The van der Waals surface area contributed by atoms with Gasteiger partial charge in [-0.05, 0) is 0 Å². The zero-order valence-corrected chi connectivity index (χ0v) is 17.9. The Morgan fingerprint density at radius 3 is 1.92 bits per heavy atom. The molecule has 0 saturated heterocycles. The van der Waals surface area contributed by atoms with Gasteiger partial charge in [-0.2, -0.15) is 0 Å². The summed E-state index contributed by atoms with van der Waals surface area (Å²) < 4.78 is 3.30. The molecule has 2 aromatic carbocycles. The summed E-state index contributed by atoms with van der Waals surface area (Å²) in [6, 6.07) is 12.1. The van der Waals surface area contributed by atoms with Gasteiger partial charge in [0.15, 0.2) is 0 Å². The fourth-order valence-corrected chi connectivity index (χ4v) is 6.06. The van der Waals surface area contributed by atoms with E-state index in [1.165, 1.54) is 85.1 Å². The van der Waals surface area contributed by atoms with E-state index >= 15 is 0 Å². The van der Waals surface area contributed by atoms with E-state index < -0.39 is 0 Å². The SMILES string of the molecule is CCCCCCCCCCc1cc2cc3cc(C)c(C)cc3cc2[se]1. The molecule has 0 N–H and O–H groups in total. The quantitative estimate of drug-likeness (QED) is 0.261. The maximum absolute atomic E-state index is 2.49. The van der Waals surface area contributed by atoms with Crippen LogP contribution in [0.1, 0.15) is 73.9 Å². The zero-order valence-electron chi connectivity index (χ0n) is 16.2. The molecule has 1 heterocycles. The summed E-state index contributed by atoms with van der Waals surface area (Å²) in [7, 11) is 0. The standard InChI is InChI=1S/C24H32Se/c1-4-5-6-7-8-9-10-11-12-23-16-22-15-20-13-18(2)19(3)14-21(20)17-24(22)25-23/h13-17H,4-12H2,1-3H3. The third-order valence-electron chi connectivity index (χ3n) is 5.42. The van der Waals surface area contributed by atoms with Crippen LogP contribution in [-0.4, -0.2) is 14.5 Å². The Morgan fingerprint density at radius 2 is 1.24 bits per heavy atom. The van der Waals surface area contributed by atoms with E-state index in [1.807, 2.05) is 0 Å². The molecule has 0 amide bonds. The second-order valence-corrected chi connectivity index (χ2v) is 10.1. The van der Waals surface area contributed by atoms with Crippen molar-refractivity contribution in [3.05, 3.63) is 45.9 Å². The number of fused-ring (bicyclic) bond motifs is 2. The molecule has 0 radical (unpaired) electrons. The average Bonchev–Trinajstić information content (AvgIpc) is 2.98. The van der Waals surface area contributed by atoms with Crippen LogP contribution in [0.3, 0.4) is 0 Å². The first kappa shape index (κ1) is 18.7. The van der Waals surface area contributed by atoms with Crippen molar-refractivity contribution in [3.63, 3.8) is 0 Å². The van der Waals surface area contributed by atoms with Crippen LogP contribution < -0.4 is 0 Å². The molecule has 0 bridgehead atoms. The fraction of sp³-hybridized carbons (Fsp3) is 0.500. The number of unbranched alkanes of at least 4 members (excludes halogenated alkanes) is 7. The van der Waals surface area contributed by atoms with Gasteiger partial charge in [0.05, 0.1) is 0 Å². The summed E-state index contributed by atoms with van der Waals surface area (Å²) in [4.78, 5) is 0. The molecule has 3 aromatic rings. The Kier molecular flexibility index (Phi) is 6.79. The van der Waals surface area contributed by atoms with Crippen LogP contribution in [0.25, 0.3) is 20.4 Å². The van der Waals surface area contributed by atoms with Crippen molar-refractivity contribution in [2.75, 3.05) is 0 Å². The Morgan fingerprint density at radius 1 is 0.640 bits per heavy atom. The first-order chi connectivity index (χ1) is 12.2. The van der Waals surface area contributed by atoms with Crippen molar-refractivity contribution in [2.45, 2.75) is 78.6 Å². The van der Waals surface area contributed by atoms with Crippen LogP contribution in [0.2, 0.25) is 0 Å². The van der Waals surface area contributed by atoms with E-state index in [9.17, 15) is 0 Å². The van der Waals surface area contributed by atoms with E-state index in [0.29, 0.717) is 14.5 Å². The molecule has 0 atom stereocenters. The second-order valence-electron chi connectivity index (χ2n) is 7.61. The van der Waals surface area contributed by atoms with Gasteiger partial charge in [-0.25, -0.2) is 0 Å². The van der Waals surface area contributed by atoms with Crippen molar-refractivity contribution >= 4 is 34.9 Å². The molecule has 3 rings (SSSR count). The number of aryl methyl sites for hydroxylation is 3. The summed E-state index contributed by atoms with van der Waals surface area (Å²) in [6.07, 6.45) is 12.6. The van der Waals surface area contributed by atoms with Gasteiger partial charge in [-0.15, -0.1) is 0 Å². The Hall–Kier alpha value is -1.04. The van der Waals surface area contributed by atoms with Crippen LogP contribution in [0.15, 0.2) is 30.3 Å². The van der Waals surface area contributed by atoms with Gasteiger partial charge in [-0.3, -0.25) is 0 Å². The summed E-state index contributed by atoms with van der Waals surface area (Å²) in [5.74, 6) is 0. The van der Waals surface area contributed by atoms with Gasteiger partial charge in [0.2, 0.25) is 0 Å². The topological polar surface area (TPSA) is 0 Å². The number of benzene rings is 2. The van der Waals surface area contributed by atoms with Gasteiger partial charge in [0, 0.05) is 0 Å². The van der Waals surface area contributed by atoms with Crippen molar-refractivity contribution in [1.29, 1.82) is 0 Å². The minimum atomic E-state index is 0.559. The molecule has 0 aliphatic carbocycles. The van der Waals surface area contributed by atoms with Crippen molar-refractivity contribution < 1.29 is 0 Å². The maximum atomic E-state index is 2.49. The molecule has 1 heteroatoms.